The molecule has 6 nitrogen and oxygen atoms in total. The van der Waals surface area contributed by atoms with Crippen molar-refractivity contribution in [2.75, 3.05) is 9.80 Å². The third-order valence-corrected chi connectivity index (χ3v) is 12.4. The fourth-order valence-electron chi connectivity index (χ4n) is 9.55. The van der Waals surface area contributed by atoms with E-state index in [1.165, 1.54) is 21.5 Å². The first-order valence-corrected chi connectivity index (χ1v) is 20.5. The number of nitrogens with zero attached hydrogens (tertiary/aromatic N) is 6. The average molecular weight is 767 g/mol. The normalized spacial score (nSPS) is 12.7. The summed E-state index contributed by atoms with van der Waals surface area (Å²) in [7, 11) is 0. The molecule has 0 fully saturated rings. The maximum atomic E-state index is 5.72. The van der Waals surface area contributed by atoms with Gasteiger partial charge in [0.1, 0.15) is 0 Å². The van der Waals surface area contributed by atoms with E-state index in [-0.39, 0.29) is 0 Å². The first-order valence-electron chi connectivity index (χ1n) is 20.5. The molecule has 10 aromatic carbocycles. The Labute approximate surface area is 344 Å². The first-order chi connectivity index (χ1) is 29.7. The van der Waals surface area contributed by atoms with E-state index in [4.69, 9.17) is 19.9 Å². The van der Waals surface area contributed by atoms with Crippen LogP contribution >= 0.6 is 0 Å². The summed E-state index contributed by atoms with van der Waals surface area (Å²) in [6, 6.07) is 64.8. The van der Waals surface area contributed by atoms with E-state index in [1.807, 2.05) is 0 Å². The molecule has 0 atom stereocenters. The van der Waals surface area contributed by atoms with Crippen molar-refractivity contribution in [1.29, 1.82) is 0 Å². The van der Waals surface area contributed by atoms with Gasteiger partial charge in [-0.2, -0.15) is 0 Å². The van der Waals surface area contributed by atoms with Gasteiger partial charge in [-0.15, -0.1) is 0 Å². The Morgan fingerprint density at radius 3 is 0.850 bits per heavy atom. The summed E-state index contributed by atoms with van der Waals surface area (Å²) in [5, 5.41) is 13.7. The highest BCUT2D eigenvalue weighted by molar-refractivity contribution is 6.25. The quantitative estimate of drug-likeness (QED) is 0.166. The molecular formula is C54H34N6. The van der Waals surface area contributed by atoms with E-state index in [1.54, 1.807) is 0 Å². The molecule has 1 aliphatic rings. The Morgan fingerprint density at radius 2 is 0.533 bits per heavy atom. The Balaban J connectivity index is 1.15. The van der Waals surface area contributed by atoms with Crippen LogP contribution in [-0.2, 0) is 13.1 Å². The van der Waals surface area contributed by atoms with Gasteiger partial charge in [0.15, 0.2) is 23.3 Å². The fraction of sp³-hybridized carbons (Fsp3) is 0.0370. The second-order valence-electron chi connectivity index (χ2n) is 15.9. The zero-order chi connectivity index (χ0) is 39.3. The van der Waals surface area contributed by atoms with Crippen molar-refractivity contribution >= 4 is 110 Å². The topological polar surface area (TPSA) is 58.0 Å². The number of benzene rings is 10. The molecule has 0 saturated heterocycles. The van der Waals surface area contributed by atoms with Gasteiger partial charge in [0.2, 0.25) is 0 Å². The SMILES string of the molecule is c1ccc2cc(CN3c4nc5c6ccccc6c6ccccc6c5nc4N(Cc4ccc5ccccc5c4)c4nc5c6ccccc6c6ccccc6c5nc43)ccc2c1. The lowest BCUT2D eigenvalue weighted by Crippen LogP contribution is -2.32. The molecule has 0 spiro atoms. The average Bonchev–Trinajstić information content (AvgIpc) is 3.31. The summed E-state index contributed by atoms with van der Waals surface area (Å²) in [4.78, 5) is 27.4. The van der Waals surface area contributed by atoms with Crippen molar-refractivity contribution in [3.8, 4) is 0 Å². The maximum Gasteiger partial charge on any atom is 0.179 e. The van der Waals surface area contributed by atoms with Gasteiger partial charge in [-0.05, 0) is 66.3 Å². The number of aromatic nitrogens is 4. The van der Waals surface area contributed by atoms with Crippen molar-refractivity contribution in [2.24, 2.45) is 0 Å². The fourth-order valence-corrected chi connectivity index (χ4v) is 9.55. The summed E-state index contributed by atoms with van der Waals surface area (Å²) >= 11 is 0. The molecule has 6 heteroatoms. The molecular weight excluding hydrogens is 733 g/mol. The molecule has 0 bridgehead atoms. The summed E-state index contributed by atoms with van der Waals surface area (Å²) in [5.41, 5.74) is 5.75. The molecule has 0 saturated carbocycles. The smallest absolute Gasteiger partial charge is 0.179 e. The Kier molecular flexibility index (Phi) is 7.04. The third-order valence-electron chi connectivity index (χ3n) is 12.4. The molecule has 12 aromatic rings. The predicted molar refractivity (Wildman–Crippen MR) is 249 cm³/mol. The number of hydrogen-bond acceptors (Lipinski definition) is 6. The van der Waals surface area contributed by atoms with Gasteiger partial charge < -0.3 is 9.80 Å². The van der Waals surface area contributed by atoms with E-state index in [9.17, 15) is 0 Å². The van der Waals surface area contributed by atoms with E-state index in [2.05, 4.69) is 192 Å². The number of fused-ring (bicyclic) bond motifs is 16. The van der Waals surface area contributed by atoms with Crippen LogP contribution in [0.1, 0.15) is 11.1 Å². The van der Waals surface area contributed by atoms with Crippen LogP contribution in [0.2, 0.25) is 0 Å². The maximum absolute atomic E-state index is 5.72. The van der Waals surface area contributed by atoms with Gasteiger partial charge in [-0.3, -0.25) is 0 Å². The molecule has 0 amide bonds. The van der Waals surface area contributed by atoms with E-state index in [0.29, 0.717) is 13.1 Å². The number of rotatable bonds is 4. The van der Waals surface area contributed by atoms with Gasteiger partial charge >= 0.3 is 0 Å². The number of anilines is 4. The molecule has 1 aliphatic heterocycles. The Morgan fingerprint density at radius 1 is 0.267 bits per heavy atom. The van der Waals surface area contributed by atoms with Crippen LogP contribution in [0.3, 0.4) is 0 Å². The van der Waals surface area contributed by atoms with Crippen LogP contribution in [0.25, 0.3) is 86.7 Å². The largest absolute Gasteiger partial charge is 0.300 e. The third kappa shape index (κ3) is 4.94. The highest BCUT2D eigenvalue weighted by Gasteiger charge is 2.36. The molecule has 0 radical (unpaired) electrons. The molecule has 280 valence electrons. The second-order valence-corrected chi connectivity index (χ2v) is 15.9. The van der Waals surface area contributed by atoms with Crippen molar-refractivity contribution in [2.45, 2.75) is 13.1 Å². The van der Waals surface area contributed by atoms with Crippen molar-refractivity contribution in [3.05, 3.63) is 193 Å². The van der Waals surface area contributed by atoms with Crippen molar-refractivity contribution < 1.29 is 0 Å². The monoisotopic (exact) mass is 766 g/mol. The Bertz CT molecular complexity index is 3350. The lowest BCUT2D eigenvalue weighted by atomic mass is 9.99. The van der Waals surface area contributed by atoms with Crippen LogP contribution in [-0.4, -0.2) is 19.9 Å². The van der Waals surface area contributed by atoms with Crippen LogP contribution < -0.4 is 9.80 Å². The first kappa shape index (κ1) is 33.1. The van der Waals surface area contributed by atoms with Crippen molar-refractivity contribution in [3.63, 3.8) is 0 Å². The minimum absolute atomic E-state index is 0.520. The van der Waals surface area contributed by atoms with Crippen LogP contribution in [0, 0.1) is 0 Å². The van der Waals surface area contributed by atoms with Crippen molar-refractivity contribution in [1.82, 2.24) is 19.9 Å². The Hall–Kier alpha value is -7.96. The van der Waals surface area contributed by atoms with E-state index < -0.39 is 0 Å². The molecule has 2 aromatic heterocycles. The van der Waals surface area contributed by atoms with Gasteiger partial charge in [-0.25, -0.2) is 19.9 Å². The van der Waals surface area contributed by atoms with Gasteiger partial charge in [0, 0.05) is 21.5 Å². The van der Waals surface area contributed by atoms with Gasteiger partial charge in [-0.1, -0.05) is 170 Å². The molecule has 3 heterocycles. The lowest BCUT2D eigenvalue weighted by molar-refractivity contribution is 0.844. The standard InChI is InChI=1S/C54H34N6/c1-3-15-37-29-33(25-27-35(37)13-1)31-59-51-53(57-49-45-23-11-7-19-41(45)39-17-5-9-21-43(39)47(49)55-51)60(32-34-26-28-36-14-2-4-16-38(36)30-34)54-52(59)56-48-44-22-10-6-18-40(44)42-20-8-12-24-46(42)50(48)58-54/h1-30H,31-32H2. The molecule has 0 N–H and O–H groups in total. The molecule has 0 unspecified atom stereocenters. The summed E-state index contributed by atoms with van der Waals surface area (Å²) in [6.45, 7) is 1.04. The highest BCUT2D eigenvalue weighted by Crippen LogP contribution is 2.49. The number of hydrogen-bond donors (Lipinski definition) is 0. The van der Waals surface area contributed by atoms with Crippen LogP contribution in [0.4, 0.5) is 23.3 Å². The minimum Gasteiger partial charge on any atom is -0.300 e. The van der Waals surface area contributed by atoms with E-state index in [0.717, 1.165) is 99.6 Å². The summed E-state index contributed by atoms with van der Waals surface area (Å²) in [6.07, 6.45) is 0. The van der Waals surface area contributed by atoms with E-state index >= 15 is 0 Å². The summed E-state index contributed by atoms with van der Waals surface area (Å²) < 4.78 is 0. The minimum atomic E-state index is 0.520. The van der Waals surface area contributed by atoms with Crippen LogP contribution in [0.15, 0.2) is 182 Å². The predicted octanol–water partition coefficient (Wildman–Crippen LogP) is 13.5. The lowest BCUT2D eigenvalue weighted by Gasteiger charge is -2.37. The van der Waals surface area contributed by atoms with Gasteiger partial charge in [0.25, 0.3) is 0 Å². The summed E-state index contributed by atoms with van der Waals surface area (Å²) in [5.74, 6) is 3.01. The molecule has 60 heavy (non-hydrogen) atoms. The van der Waals surface area contributed by atoms with Gasteiger partial charge in [0.05, 0.1) is 35.2 Å². The van der Waals surface area contributed by atoms with Crippen LogP contribution in [0.5, 0.6) is 0 Å². The zero-order valence-corrected chi connectivity index (χ0v) is 32.4. The highest BCUT2D eigenvalue weighted by atomic mass is 15.4. The zero-order valence-electron chi connectivity index (χ0n) is 32.4. The second kappa shape index (κ2) is 12.8. The molecule has 13 rings (SSSR count). The molecule has 0 aliphatic carbocycles.